The van der Waals surface area contributed by atoms with Gasteiger partial charge in [0.15, 0.2) is 6.07 Å². The van der Waals surface area contributed by atoms with Gasteiger partial charge in [0.05, 0.1) is 0 Å². The molecule has 9 heavy (non-hydrogen) atoms. The maximum atomic E-state index is 8.01. The molecule has 0 atom stereocenters. The molecule has 1 heteroatoms. The highest BCUT2D eigenvalue weighted by molar-refractivity contribution is 5.16. The Kier molecular flexibility index (Phi) is 4.64. The topological polar surface area (TPSA) is 23.8 Å². The van der Waals surface area contributed by atoms with Gasteiger partial charge in [-0.3, -0.25) is 0 Å². The zero-order chi connectivity index (χ0) is 7.11. The Morgan fingerprint density at radius 1 is 1.44 bits per heavy atom. The molecule has 0 aliphatic carbocycles. The molecule has 0 aromatic carbocycles. The maximum absolute atomic E-state index is 8.01. The summed E-state index contributed by atoms with van der Waals surface area (Å²) in [6.45, 7) is 4.29. The number of hydrogen-bond donors (Lipinski definition) is 0. The van der Waals surface area contributed by atoms with E-state index in [4.69, 9.17) is 5.26 Å². The molecular formula is C8H11N. The largest absolute Gasteiger partial charge is 0.183 e. The first-order chi connectivity index (χ1) is 4.27. The Labute approximate surface area is 56.7 Å². The molecule has 0 saturated carbocycles. The van der Waals surface area contributed by atoms with Gasteiger partial charge in [0, 0.05) is 12.3 Å². The summed E-state index contributed by atoms with van der Waals surface area (Å²) in [7, 11) is 0. The summed E-state index contributed by atoms with van der Waals surface area (Å²) in [5.41, 5.74) is 0. The second-order valence-electron chi connectivity index (χ2n) is 2.35. The Morgan fingerprint density at radius 3 is 2.56 bits per heavy atom. The van der Waals surface area contributed by atoms with Crippen LogP contribution in [0.1, 0.15) is 26.7 Å². The highest BCUT2D eigenvalue weighted by atomic mass is 14.2. The fraction of sp³-hybridized carbons (Fsp3) is 0.625. The number of nitrogens with zero attached hydrogens (tertiary/aromatic N) is 1. The summed E-state index contributed by atoms with van der Waals surface area (Å²) < 4.78 is 0. The molecule has 0 amide bonds. The summed E-state index contributed by atoms with van der Waals surface area (Å²) in [4.78, 5) is 0. The average Bonchev–Trinajstić information content (AvgIpc) is 1.80. The van der Waals surface area contributed by atoms with Crippen molar-refractivity contribution >= 4 is 0 Å². The van der Waals surface area contributed by atoms with E-state index in [0.717, 1.165) is 12.8 Å². The van der Waals surface area contributed by atoms with Crippen molar-refractivity contribution in [1.82, 2.24) is 0 Å². The minimum atomic E-state index is 0.693. The second kappa shape index (κ2) is 5.19. The van der Waals surface area contributed by atoms with Crippen LogP contribution in [0.3, 0.4) is 0 Å². The van der Waals surface area contributed by atoms with Crippen LogP contribution in [0.5, 0.6) is 0 Å². The highest BCUT2D eigenvalue weighted by Gasteiger charge is 1.88. The van der Waals surface area contributed by atoms with E-state index in [1.54, 1.807) is 6.07 Å². The molecule has 0 heterocycles. The standard InChI is InChI=1S/C8H11N/c1-8(2)6-4-3-5-7-9/h8H,4,6H2,1-2H3. The molecule has 0 radical (unpaired) electrons. The lowest BCUT2D eigenvalue weighted by molar-refractivity contribution is 0.600. The smallest absolute Gasteiger partial charge is 0.152 e. The molecule has 0 fully saturated rings. The third-order valence-electron chi connectivity index (χ3n) is 0.991. The SMILES string of the molecule is CC(C)CCC#CC#N. The second-order valence-corrected chi connectivity index (χ2v) is 2.35. The predicted molar refractivity (Wildman–Crippen MR) is 37.5 cm³/mol. The van der Waals surface area contributed by atoms with Crippen LogP contribution in [0.25, 0.3) is 0 Å². The van der Waals surface area contributed by atoms with Crippen molar-refractivity contribution in [3.63, 3.8) is 0 Å². The van der Waals surface area contributed by atoms with Crippen molar-refractivity contribution in [2.45, 2.75) is 26.7 Å². The van der Waals surface area contributed by atoms with E-state index in [0.29, 0.717) is 5.92 Å². The van der Waals surface area contributed by atoms with E-state index >= 15 is 0 Å². The summed E-state index contributed by atoms with van der Waals surface area (Å²) in [5, 5.41) is 8.01. The van der Waals surface area contributed by atoms with Crippen LogP contribution >= 0.6 is 0 Å². The monoisotopic (exact) mass is 121 g/mol. The van der Waals surface area contributed by atoms with E-state index < -0.39 is 0 Å². The summed E-state index contributed by atoms with van der Waals surface area (Å²) in [6, 6.07) is 1.78. The van der Waals surface area contributed by atoms with Gasteiger partial charge in [-0.1, -0.05) is 19.8 Å². The van der Waals surface area contributed by atoms with Gasteiger partial charge in [-0.05, 0) is 12.3 Å². The van der Waals surface area contributed by atoms with E-state index in [1.165, 1.54) is 0 Å². The fourth-order valence-corrected chi connectivity index (χ4v) is 0.463. The molecule has 1 nitrogen and oxygen atoms in total. The van der Waals surface area contributed by atoms with Gasteiger partial charge >= 0.3 is 0 Å². The van der Waals surface area contributed by atoms with E-state index in [9.17, 15) is 0 Å². The van der Waals surface area contributed by atoms with Crippen LogP contribution in [0.15, 0.2) is 0 Å². The molecule has 0 rings (SSSR count). The van der Waals surface area contributed by atoms with Gasteiger partial charge in [-0.15, -0.1) is 0 Å². The van der Waals surface area contributed by atoms with Crippen molar-refractivity contribution in [2.24, 2.45) is 5.92 Å². The fourth-order valence-electron chi connectivity index (χ4n) is 0.463. The zero-order valence-electron chi connectivity index (χ0n) is 5.94. The molecular weight excluding hydrogens is 110 g/mol. The van der Waals surface area contributed by atoms with E-state index in [1.807, 2.05) is 0 Å². The molecule has 0 aromatic heterocycles. The maximum Gasteiger partial charge on any atom is 0.152 e. The van der Waals surface area contributed by atoms with Crippen molar-refractivity contribution in [3.8, 4) is 17.9 Å². The van der Waals surface area contributed by atoms with E-state index in [-0.39, 0.29) is 0 Å². The Hall–Kier alpha value is -0.950. The Bertz CT molecular complexity index is 152. The molecule has 0 aliphatic heterocycles. The first-order valence-corrected chi connectivity index (χ1v) is 3.14. The van der Waals surface area contributed by atoms with Crippen LogP contribution < -0.4 is 0 Å². The molecule has 0 spiro atoms. The molecule has 0 aromatic rings. The third-order valence-corrected chi connectivity index (χ3v) is 0.991. The van der Waals surface area contributed by atoms with Crippen LogP contribution in [0, 0.1) is 29.1 Å². The van der Waals surface area contributed by atoms with Gasteiger partial charge in [0.2, 0.25) is 0 Å². The van der Waals surface area contributed by atoms with Crippen molar-refractivity contribution < 1.29 is 0 Å². The van der Waals surface area contributed by atoms with Crippen molar-refractivity contribution in [1.29, 1.82) is 5.26 Å². The van der Waals surface area contributed by atoms with Gasteiger partial charge in [0.25, 0.3) is 0 Å². The minimum Gasteiger partial charge on any atom is -0.183 e. The van der Waals surface area contributed by atoms with Crippen LogP contribution in [0.4, 0.5) is 0 Å². The molecule has 0 N–H and O–H groups in total. The molecule has 0 unspecified atom stereocenters. The lowest BCUT2D eigenvalue weighted by Crippen LogP contribution is -1.83. The van der Waals surface area contributed by atoms with E-state index in [2.05, 4.69) is 25.7 Å². The molecule has 0 bridgehead atoms. The number of rotatable bonds is 2. The average molecular weight is 121 g/mol. The highest BCUT2D eigenvalue weighted by Crippen LogP contribution is 2.00. The first-order valence-electron chi connectivity index (χ1n) is 3.14. The van der Waals surface area contributed by atoms with Crippen LogP contribution in [-0.4, -0.2) is 0 Å². The van der Waals surface area contributed by atoms with Gasteiger partial charge in [-0.2, -0.15) is 5.26 Å². The molecule has 48 valence electrons. The minimum absolute atomic E-state index is 0.693. The lowest BCUT2D eigenvalue weighted by Gasteiger charge is -1.95. The lowest BCUT2D eigenvalue weighted by atomic mass is 10.1. The summed E-state index contributed by atoms with van der Waals surface area (Å²) in [5.74, 6) is 5.81. The van der Waals surface area contributed by atoms with Gasteiger partial charge < -0.3 is 0 Å². The van der Waals surface area contributed by atoms with Gasteiger partial charge in [-0.25, -0.2) is 0 Å². The summed E-state index contributed by atoms with van der Waals surface area (Å²) >= 11 is 0. The molecule has 0 saturated heterocycles. The third kappa shape index (κ3) is 7.05. The molecule has 0 aliphatic rings. The van der Waals surface area contributed by atoms with Crippen molar-refractivity contribution in [2.75, 3.05) is 0 Å². The normalized spacial score (nSPS) is 7.78. The quantitative estimate of drug-likeness (QED) is 0.512. The number of hydrogen-bond acceptors (Lipinski definition) is 1. The van der Waals surface area contributed by atoms with Gasteiger partial charge in [0.1, 0.15) is 0 Å². The number of nitriles is 1. The van der Waals surface area contributed by atoms with Crippen LogP contribution in [-0.2, 0) is 0 Å². The first kappa shape index (κ1) is 8.05. The van der Waals surface area contributed by atoms with Crippen molar-refractivity contribution in [3.05, 3.63) is 0 Å². The zero-order valence-corrected chi connectivity index (χ0v) is 5.94. The predicted octanol–water partition coefficient (Wildman–Crippen LogP) is 1.95. The Morgan fingerprint density at radius 2 is 2.11 bits per heavy atom. The Balaban J connectivity index is 3.22. The summed E-state index contributed by atoms with van der Waals surface area (Å²) in [6.07, 6.45) is 1.94. The van der Waals surface area contributed by atoms with Crippen LogP contribution in [0.2, 0.25) is 0 Å².